The normalized spacial score (nSPS) is 20.9. The molecule has 3 aromatic rings. The monoisotopic (exact) mass is 641 g/mol. The summed E-state index contributed by atoms with van der Waals surface area (Å²) in [5, 5.41) is 21.4. The predicted molar refractivity (Wildman–Crippen MR) is 181 cm³/mol. The van der Waals surface area contributed by atoms with Crippen LogP contribution < -0.4 is 21.3 Å². The highest BCUT2D eigenvalue weighted by Gasteiger charge is 2.29. The maximum Gasteiger partial charge on any atom is 0.251 e. The van der Waals surface area contributed by atoms with E-state index in [2.05, 4.69) is 26.2 Å². The highest BCUT2D eigenvalue weighted by Crippen LogP contribution is 2.17. The maximum atomic E-state index is 13.7. The zero-order valence-corrected chi connectivity index (χ0v) is 27.5. The standard InChI is InChI=1S/C37H47N5O5/c1-25(2)20-32-36(46)39-26(3)34(44)38-18-7-8-19-42(24-29-12-9-13-31(43)21-29)23-28-14-16-30(17-15-28)35(45)40-33(37(47)41-32)22-27-10-5-4-6-11-27/h4-6,9-17,21,25-26,32-33,43H,7-8,18-20,22-24H2,1-3H3,(H,38,44)(H,39,46)(H,40,45)(H,41,47)/t26-,32+,33-/m1/s1. The van der Waals surface area contributed by atoms with Gasteiger partial charge < -0.3 is 26.4 Å². The van der Waals surface area contributed by atoms with Crippen LogP contribution in [-0.2, 0) is 33.9 Å². The van der Waals surface area contributed by atoms with E-state index < -0.39 is 35.8 Å². The van der Waals surface area contributed by atoms with Crippen molar-refractivity contribution < 1.29 is 24.3 Å². The number of hydrogen-bond acceptors (Lipinski definition) is 6. The van der Waals surface area contributed by atoms with Crippen LogP contribution in [-0.4, -0.2) is 64.9 Å². The molecule has 0 spiro atoms. The van der Waals surface area contributed by atoms with E-state index in [-0.39, 0.29) is 24.0 Å². The van der Waals surface area contributed by atoms with Crippen LogP contribution in [0.4, 0.5) is 0 Å². The van der Waals surface area contributed by atoms with Gasteiger partial charge in [-0.1, -0.05) is 68.4 Å². The first kappa shape index (κ1) is 35.2. The third kappa shape index (κ3) is 11.2. The molecule has 10 heteroatoms. The fraction of sp³-hybridized carbons (Fsp3) is 0.405. The fourth-order valence-corrected chi connectivity index (χ4v) is 5.63. The maximum absolute atomic E-state index is 13.7. The van der Waals surface area contributed by atoms with Crippen LogP contribution in [0.2, 0.25) is 0 Å². The van der Waals surface area contributed by atoms with E-state index in [1.54, 1.807) is 31.2 Å². The molecule has 0 aliphatic carbocycles. The lowest BCUT2D eigenvalue weighted by atomic mass is 10.0. The molecule has 0 saturated carbocycles. The summed E-state index contributed by atoms with van der Waals surface area (Å²) in [5.41, 5.74) is 3.26. The van der Waals surface area contributed by atoms with Crippen LogP contribution in [0, 0.1) is 5.92 Å². The highest BCUT2D eigenvalue weighted by atomic mass is 16.3. The predicted octanol–water partition coefficient (Wildman–Crippen LogP) is 3.68. The van der Waals surface area contributed by atoms with Crippen molar-refractivity contribution in [1.29, 1.82) is 0 Å². The van der Waals surface area contributed by atoms with E-state index in [9.17, 15) is 24.3 Å². The minimum atomic E-state index is -0.945. The van der Waals surface area contributed by atoms with Gasteiger partial charge >= 0.3 is 0 Å². The van der Waals surface area contributed by atoms with Crippen molar-refractivity contribution in [3.63, 3.8) is 0 Å². The molecule has 2 bridgehead atoms. The molecule has 3 aromatic carbocycles. The number of phenolic OH excluding ortho intramolecular Hbond substituents is 1. The van der Waals surface area contributed by atoms with Gasteiger partial charge in [0.1, 0.15) is 23.9 Å². The van der Waals surface area contributed by atoms with Gasteiger partial charge in [-0.25, -0.2) is 0 Å². The van der Waals surface area contributed by atoms with Gasteiger partial charge in [0.15, 0.2) is 0 Å². The van der Waals surface area contributed by atoms with Crippen LogP contribution in [0.1, 0.15) is 67.1 Å². The Balaban J connectivity index is 1.60. The summed E-state index contributed by atoms with van der Waals surface area (Å²) in [6.45, 7) is 7.94. The Morgan fingerprint density at radius 1 is 0.787 bits per heavy atom. The molecule has 4 amide bonds. The van der Waals surface area contributed by atoms with Gasteiger partial charge in [0.25, 0.3) is 5.91 Å². The Morgan fingerprint density at radius 3 is 2.19 bits per heavy atom. The van der Waals surface area contributed by atoms with E-state index in [1.807, 2.05) is 68.4 Å². The van der Waals surface area contributed by atoms with Gasteiger partial charge in [-0.15, -0.1) is 0 Å². The number of aromatic hydroxyl groups is 1. The first-order valence-electron chi connectivity index (χ1n) is 16.4. The molecule has 0 unspecified atom stereocenters. The smallest absolute Gasteiger partial charge is 0.251 e. The molecule has 5 N–H and O–H groups in total. The molecule has 2 heterocycles. The molecule has 2 aliphatic rings. The number of hydrogen-bond donors (Lipinski definition) is 5. The second kappa shape index (κ2) is 17.3. The van der Waals surface area contributed by atoms with Crippen molar-refractivity contribution in [2.75, 3.05) is 13.1 Å². The van der Waals surface area contributed by atoms with Gasteiger partial charge in [-0.3, -0.25) is 24.1 Å². The molecule has 0 aromatic heterocycles. The number of nitrogens with one attached hydrogen (secondary N) is 4. The quantitative estimate of drug-likeness (QED) is 0.260. The lowest BCUT2D eigenvalue weighted by Crippen LogP contribution is -2.57. The molecule has 2 aliphatic heterocycles. The number of benzene rings is 3. The third-order valence-electron chi connectivity index (χ3n) is 8.14. The minimum Gasteiger partial charge on any atom is -0.508 e. The molecular formula is C37H47N5O5. The van der Waals surface area contributed by atoms with Crippen LogP contribution in [0.25, 0.3) is 0 Å². The number of amides is 4. The minimum absolute atomic E-state index is 0.0810. The van der Waals surface area contributed by atoms with Gasteiger partial charge in [-0.05, 0) is 79.6 Å². The lowest BCUT2D eigenvalue weighted by molar-refractivity contribution is -0.132. The van der Waals surface area contributed by atoms with Crippen molar-refractivity contribution in [2.45, 2.75) is 77.7 Å². The zero-order valence-electron chi connectivity index (χ0n) is 27.5. The number of carbonyl (C=O) groups is 4. The average Bonchev–Trinajstić information content (AvgIpc) is 3.04. The van der Waals surface area contributed by atoms with Crippen LogP contribution >= 0.6 is 0 Å². The number of fused-ring (bicyclic) bond motifs is 18. The summed E-state index contributed by atoms with van der Waals surface area (Å²) in [4.78, 5) is 55.7. The van der Waals surface area contributed by atoms with Crippen molar-refractivity contribution in [1.82, 2.24) is 26.2 Å². The van der Waals surface area contributed by atoms with E-state index in [0.29, 0.717) is 31.6 Å². The second-order valence-corrected chi connectivity index (χ2v) is 12.7. The molecular weight excluding hydrogens is 594 g/mol. The Kier molecular flexibility index (Phi) is 12.9. The topological polar surface area (TPSA) is 140 Å². The molecule has 5 rings (SSSR count). The lowest BCUT2D eigenvalue weighted by Gasteiger charge is -2.25. The largest absolute Gasteiger partial charge is 0.508 e. The van der Waals surface area contributed by atoms with Crippen molar-refractivity contribution in [3.8, 4) is 5.75 Å². The van der Waals surface area contributed by atoms with E-state index >= 15 is 0 Å². The van der Waals surface area contributed by atoms with E-state index in [1.165, 1.54) is 0 Å². The Morgan fingerprint density at radius 2 is 1.49 bits per heavy atom. The van der Waals surface area contributed by atoms with Crippen LogP contribution in [0.3, 0.4) is 0 Å². The van der Waals surface area contributed by atoms with Crippen molar-refractivity contribution >= 4 is 23.6 Å². The first-order valence-corrected chi connectivity index (χ1v) is 16.4. The Bertz CT molecular complexity index is 1490. The SMILES string of the molecule is CC(C)C[C@@H]1NC(=O)[C@@H](Cc2ccccc2)NC(=O)c2ccc(cc2)CN(Cc2cccc(O)c2)CCCCNC(=O)[C@@H](C)NC1=O. The highest BCUT2D eigenvalue weighted by molar-refractivity contribution is 5.99. The van der Waals surface area contributed by atoms with Gasteiger partial charge in [0.2, 0.25) is 17.7 Å². The zero-order chi connectivity index (χ0) is 33.8. The Labute approximate surface area is 277 Å². The molecule has 250 valence electrons. The summed E-state index contributed by atoms with van der Waals surface area (Å²) in [7, 11) is 0. The fourth-order valence-electron chi connectivity index (χ4n) is 5.63. The van der Waals surface area contributed by atoms with Gasteiger partial charge in [-0.2, -0.15) is 0 Å². The molecule has 10 nitrogen and oxygen atoms in total. The van der Waals surface area contributed by atoms with Crippen LogP contribution in [0.15, 0.2) is 78.9 Å². The van der Waals surface area contributed by atoms with Gasteiger partial charge in [0, 0.05) is 31.6 Å². The molecule has 0 saturated heterocycles. The molecule has 47 heavy (non-hydrogen) atoms. The number of nitrogens with zero attached hydrogens (tertiary/aromatic N) is 1. The number of phenols is 1. The van der Waals surface area contributed by atoms with Crippen LogP contribution in [0.5, 0.6) is 5.75 Å². The first-order chi connectivity index (χ1) is 22.6. The number of rotatable bonds is 6. The molecule has 0 fully saturated rings. The third-order valence-corrected chi connectivity index (χ3v) is 8.14. The average molecular weight is 642 g/mol. The van der Waals surface area contributed by atoms with E-state index in [0.717, 1.165) is 36.1 Å². The summed E-state index contributed by atoms with van der Waals surface area (Å²) >= 11 is 0. The summed E-state index contributed by atoms with van der Waals surface area (Å²) in [6, 6.07) is 21.2. The summed E-state index contributed by atoms with van der Waals surface area (Å²) in [6.07, 6.45) is 2.14. The van der Waals surface area contributed by atoms with Gasteiger partial charge in [0.05, 0.1) is 0 Å². The summed E-state index contributed by atoms with van der Waals surface area (Å²) < 4.78 is 0. The second-order valence-electron chi connectivity index (χ2n) is 12.7. The summed E-state index contributed by atoms with van der Waals surface area (Å²) in [5.74, 6) is -1.35. The molecule has 3 atom stereocenters. The van der Waals surface area contributed by atoms with E-state index in [4.69, 9.17) is 0 Å². The Hall–Kier alpha value is -4.70. The van der Waals surface area contributed by atoms with Crippen molar-refractivity contribution in [2.24, 2.45) is 5.92 Å². The van der Waals surface area contributed by atoms with Crippen molar-refractivity contribution in [3.05, 3.63) is 101 Å². The molecule has 0 radical (unpaired) electrons. The number of carbonyl (C=O) groups excluding carboxylic acids is 4.